The molecule has 0 aliphatic heterocycles. The normalized spacial score (nSPS) is 14.3. The van der Waals surface area contributed by atoms with Crippen LogP contribution in [0.2, 0.25) is 0 Å². The minimum atomic E-state index is -0.440. The van der Waals surface area contributed by atoms with Gasteiger partial charge >= 0.3 is 0 Å². The molecule has 0 saturated carbocycles. The first-order chi connectivity index (χ1) is 31.3. The molecule has 14 rings (SSSR count). The van der Waals surface area contributed by atoms with E-state index in [0.717, 1.165) is 17.1 Å². The number of rotatable bonds is 4. The second kappa shape index (κ2) is 12.8. The minimum absolute atomic E-state index is 0.394. The highest BCUT2D eigenvalue weighted by Crippen LogP contribution is 2.65. The van der Waals surface area contributed by atoms with Gasteiger partial charge < -0.3 is 4.90 Å². The summed E-state index contributed by atoms with van der Waals surface area (Å²) in [6, 6.07) is 88.8. The second-order valence-corrected chi connectivity index (χ2v) is 17.5. The molecule has 0 radical (unpaired) electrons. The average Bonchev–Trinajstić information content (AvgIpc) is 4.03. The van der Waals surface area contributed by atoms with Gasteiger partial charge in [0.2, 0.25) is 0 Å². The van der Waals surface area contributed by atoms with Crippen LogP contribution in [0.15, 0.2) is 237 Å². The summed E-state index contributed by atoms with van der Waals surface area (Å²) in [6.45, 7) is 0. The van der Waals surface area contributed by atoms with Gasteiger partial charge in [0.1, 0.15) is 0 Å². The number of hydrogen-bond acceptors (Lipinski definition) is 1. The first kappa shape index (κ1) is 34.7. The van der Waals surface area contributed by atoms with Crippen LogP contribution in [-0.2, 0) is 10.8 Å². The Bertz CT molecular complexity index is 3410. The second-order valence-electron chi connectivity index (χ2n) is 17.5. The molecule has 10 aromatic rings. The fraction of sp³-hybridized carbons (Fsp3) is 0.0323. The van der Waals surface area contributed by atoms with Crippen LogP contribution in [0.4, 0.5) is 17.1 Å². The van der Waals surface area contributed by atoms with Gasteiger partial charge in [-0.05, 0) is 137 Å². The van der Waals surface area contributed by atoms with E-state index < -0.39 is 10.8 Å². The quantitative estimate of drug-likeness (QED) is 0.171. The predicted octanol–water partition coefficient (Wildman–Crippen LogP) is 15.5. The van der Waals surface area contributed by atoms with Crippen LogP contribution in [0, 0.1) is 0 Å². The summed E-state index contributed by atoms with van der Waals surface area (Å²) in [5, 5.41) is 0. The fourth-order valence-corrected chi connectivity index (χ4v) is 12.3. The van der Waals surface area contributed by atoms with Crippen LogP contribution in [0.1, 0.15) is 44.5 Å². The lowest BCUT2D eigenvalue weighted by atomic mass is 9.70. The summed E-state index contributed by atoms with van der Waals surface area (Å²) in [6.07, 6.45) is 0. The molecule has 0 bridgehead atoms. The zero-order valence-corrected chi connectivity index (χ0v) is 34.5. The zero-order valence-electron chi connectivity index (χ0n) is 34.5. The lowest BCUT2D eigenvalue weighted by Crippen LogP contribution is -2.26. The standard InChI is InChI=1S/C62H39N/c1-2-16-40(17-3-1)41-30-32-42(33-31-41)63(43-35-37-59-52(38-43)50-23-9-15-29-58(50)61(59)53-24-10-4-18-45(53)46-19-5-11-25-54(46)61)44-34-36-51-49-22-8-14-28-57(49)62(60(51)39-44)55-26-12-6-20-47(55)48-21-7-13-27-56(48)62/h1-39H. The van der Waals surface area contributed by atoms with Gasteiger partial charge in [0, 0.05) is 17.1 Å². The van der Waals surface area contributed by atoms with Gasteiger partial charge in [0.25, 0.3) is 0 Å². The van der Waals surface area contributed by atoms with Crippen LogP contribution in [0.3, 0.4) is 0 Å². The topological polar surface area (TPSA) is 3.24 Å². The molecule has 2 spiro atoms. The van der Waals surface area contributed by atoms with Crippen molar-refractivity contribution in [2.24, 2.45) is 0 Å². The number of anilines is 3. The third-order valence-electron chi connectivity index (χ3n) is 14.7. The molecule has 4 aliphatic rings. The van der Waals surface area contributed by atoms with Crippen molar-refractivity contribution in [2.45, 2.75) is 10.8 Å². The van der Waals surface area contributed by atoms with Gasteiger partial charge in [-0.2, -0.15) is 0 Å². The Hall–Kier alpha value is -8.00. The average molecular weight is 798 g/mol. The van der Waals surface area contributed by atoms with E-state index in [0.29, 0.717) is 0 Å². The predicted molar refractivity (Wildman–Crippen MR) is 259 cm³/mol. The summed E-state index contributed by atoms with van der Waals surface area (Å²) in [4.78, 5) is 2.49. The molecule has 1 heteroatoms. The smallest absolute Gasteiger partial charge is 0.0726 e. The molecule has 10 aromatic carbocycles. The Kier molecular flexibility index (Phi) is 7.03. The molecule has 0 amide bonds. The van der Waals surface area contributed by atoms with E-state index >= 15 is 0 Å². The first-order valence-corrected chi connectivity index (χ1v) is 22.1. The van der Waals surface area contributed by atoms with Crippen molar-refractivity contribution in [3.05, 3.63) is 281 Å². The molecule has 0 heterocycles. The molecule has 4 aliphatic carbocycles. The molecule has 0 unspecified atom stereocenters. The highest BCUT2D eigenvalue weighted by atomic mass is 15.1. The van der Waals surface area contributed by atoms with Crippen LogP contribution in [0.5, 0.6) is 0 Å². The lowest BCUT2D eigenvalue weighted by molar-refractivity contribution is 0.793. The summed E-state index contributed by atoms with van der Waals surface area (Å²) in [5.41, 5.74) is 26.2. The van der Waals surface area contributed by atoms with Crippen molar-refractivity contribution in [2.75, 3.05) is 4.90 Å². The van der Waals surface area contributed by atoms with Crippen molar-refractivity contribution in [3.8, 4) is 55.6 Å². The van der Waals surface area contributed by atoms with Crippen molar-refractivity contribution >= 4 is 17.1 Å². The van der Waals surface area contributed by atoms with E-state index in [1.54, 1.807) is 0 Å². The van der Waals surface area contributed by atoms with Crippen LogP contribution < -0.4 is 4.90 Å². The largest absolute Gasteiger partial charge is 0.310 e. The Morgan fingerprint density at radius 2 is 0.524 bits per heavy atom. The summed E-state index contributed by atoms with van der Waals surface area (Å²) >= 11 is 0. The van der Waals surface area contributed by atoms with Gasteiger partial charge in [0.15, 0.2) is 0 Å². The van der Waals surface area contributed by atoms with E-state index in [1.807, 2.05) is 0 Å². The highest BCUT2D eigenvalue weighted by molar-refractivity contribution is 5.99. The first-order valence-electron chi connectivity index (χ1n) is 22.1. The van der Waals surface area contributed by atoms with E-state index in [4.69, 9.17) is 0 Å². The molecule has 63 heavy (non-hydrogen) atoms. The van der Waals surface area contributed by atoms with Gasteiger partial charge in [-0.15, -0.1) is 0 Å². The number of hydrogen-bond donors (Lipinski definition) is 0. The molecule has 0 N–H and O–H groups in total. The maximum atomic E-state index is 2.51. The summed E-state index contributed by atoms with van der Waals surface area (Å²) in [5.74, 6) is 0. The fourth-order valence-electron chi connectivity index (χ4n) is 12.3. The van der Waals surface area contributed by atoms with Gasteiger partial charge in [-0.25, -0.2) is 0 Å². The molecule has 0 atom stereocenters. The maximum Gasteiger partial charge on any atom is 0.0726 e. The van der Waals surface area contributed by atoms with Crippen molar-refractivity contribution in [1.29, 1.82) is 0 Å². The Morgan fingerprint density at radius 3 is 1.00 bits per heavy atom. The third kappa shape index (κ3) is 4.41. The van der Waals surface area contributed by atoms with Crippen molar-refractivity contribution < 1.29 is 0 Å². The maximum absolute atomic E-state index is 2.51. The zero-order chi connectivity index (χ0) is 41.3. The molecule has 1 nitrogen and oxygen atoms in total. The molecule has 0 aromatic heterocycles. The minimum Gasteiger partial charge on any atom is -0.310 e. The Balaban J connectivity index is 1.02. The summed E-state index contributed by atoms with van der Waals surface area (Å²) in [7, 11) is 0. The number of fused-ring (bicyclic) bond motifs is 20. The van der Waals surface area contributed by atoms with Crippen molar-refractivity contribution in [3.63, 3.8) is 0 Å². The summed E-state index contributed by atoms with van der Waals surface area (Å²) < 4.78 is 0. The van der Waals surface area contributed by atoms with Gasteiger partial charge in [-0.3, -0.25) is 0 Å². The molecular weight excluding hydrogens is 759 g/mol. The van der Waals surface area contributed by atoms with E-state index in [9.17, 15) is 0 Å². The highest BCUT2D eigenvalue weighted by Gasteiger charge is 2.53. The van der Waals surface area contributed by atoms with E-state index in [1.165, 1.54) is 100 Å². The van der Waals surface area contributed by atoms with E-state index in [2.05, 4.69) is 241 Å². The molecule has 0 fully saturated rings. The number of benzene rings is 10. The molecule has 0 saturated heterocycles. The van der Waals surface area contributed by atoms with E-state index in [-0.39, 0.29) is 0 Å². The number of nitrogens with zero attached hydrogens (tertiary/aromatic N) is 1. The van der Waals surface area contributed by atoms with Crippen LogP contribution in [0.25, 0.3) is 55.6 Å². The van der Waals surface area contributed by atoms with Crippen LogP contribution in [-0.4, -0.2) is 0 Å². The monoisotopic (exact) mass is 797 g/mol. The van der Waals surface area contributed by atoms with Gasteiger partial charge in [0.05, 0.1) is 10.8 Å². The SMILES string of the molecule is c1ccc(-c2ccc(N(c3ccc4c(c3)-c3ccccc3C43c4ccccc4-c4ccccc43)c3ccc4c(c3)C3(c5ccccc5-c5ccccc53)c3ccccc3-4)cc2)cc1. The lowest BCUT2D eigenvalue weighted by Gasteiger charge is -2.33. The van der Waals surface area contributed by atoms with Crippen molar-refractivity contribution in [1.82, 2.24) is 0 Å². The molecule has 292 valence electrons. The van der Waals surface area contributed by atoms with Crippen LogP contribution >= 0.6 is 0 Å². The Morgan fingerprint density at radius 1 is 0.206 bits per heavy atom. The molecular formula is C62H39N. The Labute approximate surface area is 367 Å². The third-order valence-corrected chi connectivity index (χ3v) is 14.7. The van der Waals surface area contributed by atoms with Gasteiger partial charge in [-0.1, -0.05) is 200 Å².